The first-order valence-corrected chi connectivity index (χ1v) is 11.0. The standard InChI is InChI=1S/C19H25ClFN3O3.C2HF3O2/c20-16-12-14(3-4-17(16)21)19(26)24(13-15-2-1-11-27-15)8-5-18(25)23-9-6-22-7-10-23;3-2(4,5)1(6)7/h3-4,12,15,22H,1-2,5-11,13H2;(H,6,7). The predicted octanol–water partition coefficient (Wildman–Crippen LogP) is 2.56. The number of aliphatic carboxylic acids is 1. The van der Waals surface area contributed by atoms with Gasteiger partial charge in [-0.3, -0.25) is 9.59 Å². The third-order valence-electron chi connectivity index (χ3n) is 5.21. The van der Waals surface area contributed by atoms with Gasteiger partial charge in [-0.05, 0) is 31.0 Å². The van der Waals surface area contributed by atoms with Gasteiger partial charge < -0.3 is 25.0 Å². The van der Waals surface area contributed by atoms with Gasteiger partial charge in [0.15, 0.2) is 0 Å². The fourth-order valence-corrected chi connectivity index (χ4v) is 3.61. The third-order valence-corrected chi connectivity index (χ3v) is 5.50. The summed E-state index contributed by atoms with van der Waals surface area (Å²) in [7, 11) is 0. The number of benzene rings is 1. The van der Waals surface area contributed by atoms with Crippen molar-refractivity contribution in [1.29, 1.82) is 0 Å². The van der Waals surface area contributed by atoms with Crippen LogP contribution in [0.5, 0.6) is 0 Å². The summed E-state index contributed by atoms with van der Waals surface area (Å²) in [5.74, 6) is -3.54. The molecule has 2 fully saturated rings. The predicted molar refractivity (Wildman–Crippen MR) is 114 cm³/mol. The summed E-state index contributed by atoms with van der Waals surface area (Å²) in [4.78, 5) is 37.7. The van der Waals surface area contributed by atoms with Crippen molar-refractivity contribution in [2.24, 2.45) is 0 Å². The highest BCUT2D eigenvalue weighted by Crippen LogP contribution is 2.20. The molecule has 0 spiro atoms. The Morgan fingerprint density at radius 2 is 1.88 bits per heavy atom. The summed E-state index contributed by atoms with van der Waals surface area (Å²) in [6.07, 6.45) is -3.00. The highest BCUT2D eigenvalue weighted by molar-refractivity contribution is 6.31. The molecule has 3 rings (SSSR count). The Hall–Kier alpha value is -2.44. The quantitative estimate of drug-likeness (QED) is 0.570. The van der Waals surface area contributed by atoms with Gasteiger partial charge in [0.1, 0.15) is 5.82 Å². The zero-order valence-electron chi connectivity index (χ0n) is 18.2. The smallest absolute Gasteiger partial charge is 0.475 e. The Morgan fingerprint density at radius 3 is 2.41 bits per heavy atom. The summed E-state index contributed by atoms with van der Waals surface area (Å²) >= 11 is 5.82. The van der Waals surface area contributed by atoms with Gasteiger partial charge in [0, 0.05) is 57.9 Å². The first kappa shape index (κ1) is 27.8. The second kappa shape index (κ2) is 12.9. The second-order valence-corrected chi connectivity index (χ2v) is 8.11. The van der Waals surface area contributed by atoms with E-state index in [1.165, 1.54) is 18.2 Å². The van der Waals surface area contributed by atoms with Crippen LogP contribution >= 0.6 is 11.6 Å². The van der Waals surface area contributed by atoms with Crippen molar-refractivity contribution in [3.8, 4) is 0 Å². The van der Waals surface area contributed by atoms with Crippen molar-refractivity contribution in [1.82, 2.24) is 15.1 Å². The van der Waals surface area contributed by atoms with Crippen molar-refractivity contribution in [3.63, 3.8) is 0 Å². The number of ether oxygens (including phenoxy) is 1. The number of rotatable bonds is 6. The van der Waals surface area contributed by atoms with Gasteiger partial charge in [0.05, 0.1) is 11.1 Å². The molecule has 1 aromatic rings. The molecule has 0 aliphatic carbocycles. The number of carbonyl (C=O) groups is 3. The molecule has 1 atom stereocenters. The van der Waals surface area contributed by atoms with E-state index < -0.39 is 18.0 Å². The number of hydrogen-bond donors (Lipinski definition) is 2. The van der Waals surface area contributed by atoms with E-state index in [4.69, 9.17) is 26.2 Å². The normalized spacial score (nSPS) is 18.1. The molecule has 0 saturated carbocycles. The summed E-state index contributed by atoms with van der Waals surface area (Å²) in [5.41, 5.74) is 0.314. The SMILES string of the molecule is O=C(CCN(CC1CCCO1)C(=O)c1ccc(F)c(Cl)c1)N1CCNCC1.O=C(O)C(F)(F)F. The lowest BCUT2D eigenvalue weighted by Crippen LogP contribution is -2.47. The number of amides is 2. The number of piperazine rings is 1. The number of carbonyl (C=O) groups excluding carboxylic acids is 2. The van der Waals surface area contributed by atoms with Crippen LogP contribution in [0.15, 0.2) is 18.2 Å². The van der Waals surface area contributed by atoms with Gasteiger partial charge in [-0.15, -0.1) is 0 Å². The molecule has 1 aromatic carbocycles. The fraction of sp³-hybridized carbons (Fsp3) is 0.571. The number of halogens is 5. The molecule has 0 aromatic heterocycles. The first-order chi connectivity index (χ1) is 16.0. The number of nitrogens with zero attached hydrogens (tertiary/aromatic N) is 2. The zero-order valence-corrected chi connectivity index (χ0v) is 19.0. The fourth-order valence-electron chi connectivity index (χ4n) is 3.42. The Kier molecular flexibility index (Phi) is 10.5. The molecule has 0 radical (unpaired) electrons. The maximum atomic E-state index is 13.4. The molecule has 2 aliphatic rings. The largest absolute Gasteiger partial charge is 0.490 e. The van der Waals surface area contributed by atoms with Crippen LogP contribution in [0.3, 0.4) is 0 Å². The van der Waals surface area contributed by atoms with Gasteiger partial charge >= 0.3 is 12.1 Å². The second-order valence-electron chi connectivity index (χ2n) is 7.70. The van der Waals surface area contributed by atoms with E-state index >= 15 is 0 Å². The number of carboxylic acids is 1. The summed E-state index contributed by atoms with van der Waals surface area (Å²) in [6.45, 7) is 4.36. The minimum atomic E-state index is -5.08. The van der Waals surface area contributed by atoms with Crippen molar-refractivity contribution >= 4 is 29.4 Å². The lowest BCUT2D eigenvalue weighted by atomic mass is 10.1. The lowest BCUT2D eigenvalue weighted by Gasteiger charge is -2.30. The van der Waals surface area contributed by atoms with Gasteiger partial charge in [-0.2, -0.15) is 13.2 Å². The highest BCUT2D eigenvalue weighted by Gasteiger charge is 2.38. The van der Waals surface area contributed by atoms with E-state index in [0.29, 0.717) is 38.3 Å². The molecular formula is C21H26ClF4N3O5. The molecular weight excluding hydrogens is 486 g/mol. The molecule has 0 bridgehead atoms. The first-order valence-electron chi connectivity index (χ1n) is 10.6. The minimum absolute atomic E-state index is 0.0286. The van der Waals surface area contributed by atoms with Gasteiger partial charge in [0.2, 0.25) is 5.91 Å². The molecule has 13 heteroatoms. The van der Waals surface area contributed by atoms with Crippen LogP contribution in [0.25, 0.3) is 0 Å². The van der Waals surface area contributed by atoms with Crippen LogP contribution in [0.2, 0.25) is 5.02 Å². The average Bonchev–Trinajstić information content (AvgIpc) is 3.31. The summed E-state index contributed by atoms with van der Waals surface area (Å²) in [6, 6.07) is 3.94. The summed E-state index contributed by atoms with van der Waals surface area (Å²) in [5, 5.41) is 10.3. The Balaban J connectivity index is 0.000000509. The van der Waals surface area contributed by atoms with E-state index in [0.717, 1.165) is 25.9 Å². The van der Waals surface area contributed by atoms with E-state index in [-0.39, 0.29) is 29.4 Å². The van der Waals surface area contributed by atoms with Gasteiger partial charge in [-0.25, -0.2) is 9.18 Å². The Bertz CT molecular complexity index is 859. The maximum absolute atomic E-state index is 13.4. The van der Waals surface area contributed by atoms with Crippen LogP contribution < -0.4 is 5.32 Å². The molecule has 2 amide bonds. The van der Waals surface area contributed by atoms with E-state index in [1.807, 2.05) is 4.90 Å². The van der Waals surface area contributed by atoms with Crippen molar-refractivity contribution in [2.75, 3.05) is 45.9 Å². The number of hydrogen-bond acceptors (Lipinski definition) is 5. The van der Waals surface area contributed by atoms with E-state index in [9.17, 15) is 27.2 Å². The van der Waals surface area contributed by atoms with Gasteiger partial charge in [0.25, 0.3) is 5.91 Å². The van der Waals surface area contributed by atoms with E-state index in [2.05, 4.69) is 5.32 Å². The average molecular weight is 512 g/mol. The minimum Gasteiger partial charge on any atom is -0.475 e. The number of nitrogens with one attached hydrogen (secondary N) is 1. The molecule has 2 aliphatic heterocycles. The molecule has 8 nitrogen and oxygen atoms in total. The molecule has 190 valence electrons. The molecule has 2 saturated heterocycles. The van der Waals surface area contributed by atoms with Crippen LogP contribution in [0, 0.1) is 5.82 Å². The topological polar surface area (TPSA) is 99.2 Å². The lowest BCUT2D eigenvalue weighted by molar-refractivity contribution is -0.192. The Morgan fingerprint density at radius 1 is 1.24 bits per heavy atom. The maximum Gasteiger partial charge on any atom is 0.490 e. The van der Waals surface area contributed by atoms with Crippen LogP contribution in [-0.4, -0.2) is 90.8 Å². The van der Waals surface area contributed by atoms with E-state index in [1.54, 1.807) is 4.90 Å². The molecule has 1 unspecified atom stereocenters. The Labute approximate surface area is 198 Å². The van der Waals surface area contributed by atoms with Crippen molar-refractivity contribution in [3.05, 3.63) is 34.6 Å². The van der Waals surface area contributed by atoms with Crippen LogP contribution in [0.4, 0.5) is 17.6 Å². The highest BCUT2D eigenvalue weighted by atomic mass is 35.5. The molecule has 2 N–H and O–H groups in total. The molecule has 2 heterocycles. The summed E-state index contributed by atoms with van der Waals surface area (Å²) < 4.78 is 50.8. The van der Waals surface area contributed by atoms with Gasteiger partial charge in [-0.1, -0.05) is 11.6 Å². The van der Waals surface area contributed by atoms with Crippen LogP contribution in [0.1, 0.15) is 29.6 Å². The number of carboxylic acid groups (broad SMARTS) is 1. The molecule has 34 heavy (non-hydrogen) atoms. The monoisotopic (exact) mass is 511 g/mol. The van der Waals surface area contributed by atoms with Crippen molar-refractivity contribution in [2.45, 2.75) is 31.5 Å². The number of alkyl halides is 3. The third kappa shape index (κ3) is 8.73. The van der Waals surface area contributed by atoms with Crippen molar-refractivity contribution < 1.29 is 41.8 Å². The van der Waals surface area contributed by atoms with Crippen LogP contribution in [-0.2, 0) is 14.3 Å². The zero-order chi connectivity index (χ0) is 25.3.